The van der Waals surface area contributed by atoms with Crippen molar-refractivity contribution in [2.24, 2.45) is 5.84 Å². The Balaban J connectivity index is 3.13. The molecule has 1 rings (SSSR count). The van der Waals surface area contributed by atoms with Crippen molar-refractivity contribution in [2.75, 3.05) is 12.0 Å². The van der Waals surface area contributed by atoms with Gasteiger partial charge in [-0.05, 0) is 6.07 Å². The van der Waals surface area contributed by atoms with E-state index in [1.54, 1.807) is 6.92 Å². The van der Waals surface area contributed by atoms with Gasteiger partial charge in [-0.1, -0.05) is 18.5 Å². The van der Waals surface area contributed by atoms with E-state index in [0.29, 0.717) is 6.54 Å². The zero-order valence-electron chi connectivity index (χ0n) is 7.99. The van der Waals surface area contributed by atoms with Crippen molar-refractivity contribution in [1.82, 2.24) is 9.71 Å². The number of nitrogens with one attached hydrogen (secondary N) is 2. The maximum absolute atomic E-state index is 11.5. The molecular formula is C7H11ClN4O2S. The van der Waals surface area contributed by atoms with Crippen LogP contribution in [0.4, 0.5) is 5.82 Å². The van der Waals surface area contributed by atoms with Crippen LogP contribution in [0.2, 0.25) is 5.02 Å². The highest BCUT2D eigenvalue weighted by atomic mass is 35.5. The number of nitrogen functional groups attached to an aromatic ring is 1. The second kappa shape index (κ2) is 4.75. The quantitative estimate of drug-likeness (QED) is 0.528. The molecule has 0 atom stereocenters. The lowest BCUT2D eigenvalue weighted by Crippen LogP contribution is -2.23. The Labute approximate surface area is 92.9 Å². The van der Waals surface area contributed by atoms with Crippen molar-refractivity contribution in [1.29, 1.82) is 0 Å². The number of pyridine rings is 1. The third-order valence-electron chi connectivity index (χ3n) is 1.60. The fraction of sp³-hybridized carbons (Fsp3) is 0.286. The fourth-order valence-corrected chi connectivity index (χ4v) is 2.24. The summed E-state index contributed by atoms with van der Waals surface area (Å²) in [6, 6.07) is 1.28. The number of anilines is 1. The third kappa shape index (κ3) is 2.78. The van der Waals surface area contributed by atoms with Gasteiger partial charge in [-0.3, -0.25) is 0 Å². The molecule has 1 aromatic heterocycles. The molecule has 0 fully saturated rings. The van der Waals surface area contributed by atoms with Crippen molar-refractivity contribution in [3.63, 3.8) is 0 Å². The summed E-state index contributed by atoms with van der Waals surface area (Å²) in [4.78, 5) is 3.77. The third-order valence-corrected chi connectivity index (χ3v) is 3.40. The summed E-state index contributed by atoms with van der Waals surface area (Å²) in [7, 11) is -3.52. The Hall–Kier alpha value is -0.890. The molecule has 4 N–H and O–H groups in total. The molecule has 15 heavy (non-hydrogen) atoms. The molecule has 1 aromatic rings. The van der Waals surface area contributed by atoms with Crippen LogP contribution in [0.25, 0.3) is 0 Å². The van der Waals surface area contributed by atoms with Gasteiger partial charge in [0.2, 0.25) is 10.0 Å². The predicted molar refractivity (Wildman–Crippen MR) is 57.9 cm³/mol. The smallest absolute Gasteiger partial charge is 0.242 e. The normalized spacial score (nSPS) is 11.4. The fourth-order valence-electron chi connectivity index (χ4n) is 0.947. The minimum atomic E-state index is -3.52. The van der Waals surface area contributed by atoms with Gasteiger partial charge in [0.15, 0.2) is 5.82 Å². The molecule has 0 amide bonds. The standard InChI is InChI=1S/C7H11ClN4O2S/c1-2-11-15(13,14)5-3-6(8)7(12-9)10-4-5/h3-4,11H,2,9H2,1H3,(H,10,12). The number of hydrazine groups is 1. The molecule has 0 spiro atoms. The molecule has 1 heterocycles. The molecule has 0 bridgehead atoms. The first-order valence-corrected chi connectivity index (χ1v) is 5.99. The van der Waals surface area contributed by atoms with Crippen molar-refractivity contribution in [3.8, 4) is 0 Å². The number of sulfonamides is 1. The van der Waals surface area contributed by atoms with Gasteiger partial charge in [0.25, 0.3) is 0 Å². The largest absolute Gasteiger partial charge is 0.307 e. The molecule has 6 nitrogen and oxygen atoms in total. The molecule has 0 aliphatic heterocycles. The van der Waals surface area contributed by atoms with Crippen molar-refractivity contribution in [3.05, 3.63) is 17.3 Å². The average Bonchev–Trinajstić information content (AvgIpc) is 2.17. The lowest BCUT2D eigenvalue weighted by molar-refractivity contribution is 0.583. The van der Waals surface area contributed by atoms with Crippen LogP contribution >= 0.6 is 11.6 Å². The molecule has 0 saturated heterocycles. The van der Waals surface area contributed by atoms with Gasteiger partial charge < -0.3 is 5.43 Å². The van der Waals surface area contributed by atoms with Gasteiger partial charge in [0.05, 0.1) is 5.02 Å². The number of rotatable bonds is 4. The van der Waals surface area contributed by atoms with E-state index in [2.05, 4.69) is 15.1 Å². The van der Waals surface area contributed by atoms with Gasteiger partial charge in [-0.2, -0.15) is 0 Å². The number of hydrogen-bond acceptors (Lipinski definition) is 5. The van der Waals surface area contributed by atoms with Crippen LogP contribution < -0.4 is 16.0 Å². The predicted octanol–water partition coefficient (Wildman–Crippen LogP) is 0.319. The molecule has 0 saturated carbocycles. The topological polar surface area (TPSA) is 97.1 Å². The van der Waals surface area contributed by atoms with Crippen LogP contribution in [0, 0.1) is 0 Å². The highest BCUT2D eigenvalue weighted by Gasteiger charge is 2.14. The van der Waals surface area contributed by atoms with Gasteiger partial charge in [-0.25, -0.2) is 24.0 Å². The Morgan fingerprint density at radius 3 is 2.73 bits per heavy atom. The minimum Gasteiger partial charge on any atom is -0.307 e. The number of halogens is 1. The zero-order valence-corrected chi connectivity index (χ0v) is 9.56. The first kappa shape index (κ1) is 12.2. The lowest BCUT2D eigenvalue weighted by atomic mass is 10.5. The van der Waals surface area contributed by atoms with Gasteiger partial charge in [-0.15, -0.1) is 0 Å². The van der Waals surface area contributed by atoms with E-state index in [0.717, 1.165) is 0 Å². The Morgan fingerprint density at radius 1 is 1.60 bits per heavy atom. The number of nitrogens with zero attached hydrogens (tertiary/aromatic N) is 1. The van der Waals surface area contributed by atoms with E-state index >= 15 is 0 Å². The number of hydrogen-bond donors (Lipinski definition) is 3. The van der Waals surface area contributed by atoms with E-state index < -0.39 is 10.0 Å². The molecule has 0 unspecified atom stereocenters. The maximum Gasteiger partial charge on any atom is 0.242 e. The second-order valence-corrected chi connectivity index (χ2v) is 4.82. The SMILES string of the molecule is CCNS(=O)(=O)c1cnc(NN)c(Cl)c1. The minimum absolute atomic E-state index is 0.00773. The molecular weight excluding hydrogens is 240 g/mol. The first-order chi connectivity index (χ1) is 7.01. The monoisotopic (exact) mass is 250 g/mol. The molecule has 8 heteroatoms. The summed E-state index contributed by atoms with van der Waals surface area (Å²) in [6.45, 7) is 1.99. The van der Waals surface area contributed by atoms with Crippen LogP contribution in [-0.4, -0.2) is 19.9 Å². The Kier molecular flexibility index (Phi) is 3.86. The summed E-state index contributed by atoms with van der Waals surface area (Å²) in [5, 5.41) is 0.150. The molecule has 0 aliphatic rings. The summed E-state index contributed by atoms with van der Waals surface area (Å²) in [5.41, 5.74) is 2.25. The van der Waals surface area contributed by atoms with Gasteiger partial charge in [0.1, 0.15) is 4.90 Å². The second-order valence-electron chi connectivity index (χ2n) is 2.65. The van der Waals surface area contributed by atoms with E-state index in [4.69, 9.17) is 17.4 Å². The van der Waals surface area contributed by atoms with Gasteiger partial charge in [0, 0.05) is 12.7 Å². The maximum atomic E-state index is 11.5. The first-order valence-electron chi connectivity index (χ1n) is 4.13. The van der Waals surface area contributed by atoms with Crippen LogP contribution in [0.5, 0.6) is 0 Å². The molecule has 0 radical (unpaired) electrons. The van der Waals surface area contributed by atoms with Gasteiger partial charge >= 0.3 is 0 Å². The van der Waals surface area contributed by atoms with Crippen LogP contribution in [0.15, 0.2) is 17.2 Å². The molecule has 0 aliphatic carbocycles. The Morgan fingerprint density at radius 2 is 2.27 bits per heavy atom. The highest BCUT2D eigenvalue weighted by molar-refractivity contribution is 7.89. The molecule has 0 aromatic carbocycles. The molecule has 84 valence electrons. The number of nitrogens with two attached hydrogens (primary N) is 1. The van der Waals surface area contributed by atoms with E-state index in [1.807, 2.05) is 0 Å². The van der Waals surface area contributed by atoms with Crippen molar-refractivity contribution < 1.29 is 8.42 Å². The summed E-state index contributed by atoms with van der Waals surface area (Å²) in [6.07, 6.45) is 1.18. The van der Waals surface area contributed by atoms with Crippen LogP contribution in [0.3, 0.4) is 0 Å². The van der Waals surface area contributed by atoms with Crippen LogP contribution in [-0.2, 0) is 10.0 Å². The van der Waals surface area contributed by atoms with E-state index in [1.165, 1.54) is 12.3 Å². The lowest BCUT2D eigenvalue weighted by Gasteiger charge is -2.06. The average molecular weight is 251 g/mol. The van der Waals surface area contributed by atoms with Crippen LogP contribution in [0.1, 0.15) is 6.92 Å². The van der Waals surface area contributed by atoms with Crippen molar-refractivity contribution >= 4 is 27.4 Å². The summed E-state index contributed by atoms with van der Waals surface area (Å²) >= 11 is 5.74. The summed E-state index contributed by atoms with van der Waals surface area (Å²) < 4.78 is 25.4. The number of aromatic nitrogens is 1. The highest BCUT2D eigenvalue weighted by Crippen LogP contribution is 2.21. The Bertz CT molecular complexity index is 448. The van der Waals surface area contributed by atoms with Crippen molar-refractivity contribution in [2.45, 2.75) is 11.8 Å². The zero-order chi connectivity index (χ0) is 11.5. The summed E-state index contributed by atoms with van der Waals surface area (Å²) in [5.74, 6) is 5.34. The van der Waals surface area contributed by atoms with E-state index in [9.17, 15) is 8.42 Å². The van der Waals surface area contributed by atoms with E-state index in [-0.39, 0.29) is 15.7 Å².